The number of pyridine rings is 1. The smallest absolute Gasteiger partial charge is 0.152 e. The maximum atomic E-state index is 11.9. The molecule has 3 aliphatic heterocycles. The number of nitrogens with one attached hydrogen (secondary N) is 1. The van der Waals surface area contributed by atoms with E-state index < -0.39 is 9.84 Å². The first-order valence-electron chi connectivity index (χ1n) is 12.1. The fourth-order valence-electron chi connectivity index (χ4n) is 5.45. The molecule has 0 bridgehead atoms. The molecule has 2 aromatic carbocycles. The molecule has 0 aliphatic carbocycles. The summed E-state index contributed by atoms with van der Waals surface area (Å²) in [5.74, 6) is 1.90. The molecule has 7 nitrogen and oxygen atoms in total. The van der Waals surface area contributed by atoms with Crippen LogP contribution in [0.25, 0.3) is 10.9 Å². The first-order valence-corrected chi connectivity index (χ1v) is 13.9. The van der Waals surface area contributed by atoms with Crippen LogP contribution in [0.1, 0.15) is 29.0 Å². The molecule has 1 fully saturated rings. The molecule has 0 amide bonds. The highest BCUT2D eigenvalue weighted by Crippen LogP contribution is 2.37. The van der Waals surface area contributed by atoms with Crippen molar-refractivity contribution in [2.24, 2.45) is 0 Å². The van der Waals surface area contributed by atoms with Crippen molar-refractivity contribution in [3.05, 3.63) is 65.4 Å². The van der Waals surface area contributed by atoms with Gasteiger partial charge in [-0.3, -0.25) is 14.8 Å². The van der Waals surface area contributed by atoms with E-state index in [2.05, 4.69) is 56.5 Å². The Morgan fingerprint density at radius 3 is 2.82 bits per heavy atom. The number of para-hydroxylation sites is 1. The first kappa shape index (κ1) is 21.8. The van der Waals surface area contributed by atoms with Crippen molar-refractivity contribution in [3.63, 3.8) is 0 Å². The summed E-state index contributed by atoms with van der Waals surface area (Å²) in [4.78, 5) is 9.27. The summed E-state index contributed by atoms with van der Waals surface area (Å²) in [6, 6.07) is 14.9. The van der Waals surface area contributed by atoms with Crippen molar-refractivity contribution in [2.75, 3.05) is 49.7 Å². The minimum Gasteiger partial charge on any atom is -0.475 e. The van der Waals surface area contributed by atoms with Gasteiger partial charge in [0.1, 0.15) is 12.2 Å². The molecule has 3 aromatic rings. The first-order chi connectivity index (χ1) is 16.6. The van der Waals surface area contributed by atoms with Crippen molar-refractivity contribution < 1.29 is 13.2 Å². The zero-order valence-corrected chi connectivity index (χ0v) is 20.1. The van der Waals surface area contributed by atoms with Crippen molar-refractivity contribution in [3.8, 4) is 5.75 Å². The standard InChI is InChI=1S/C26H30N4O3S/c31-34(32)12-10-29(11-13-34)16-20-14-21-17-30(18-33-26(21)25-23(20)5-3-8-27-25)9-7-19-15-28-24-6-2-1-4-22(19)24/h1-6,8,14,19,28H,7,9-13,15-18H2. The second kappa shape index (κ2) is 8.83. The summed E-state index contributed by atoms with van der Waals surface area (Å²) in [6.07, 6.45) is 2.91. The van der Waals surface area contributed by atoms with Gasteiger partial charge in [-0.2, -0.15) is 0 Å². The minimum absolute atomic E-state index is 0.240. The van der Waals surface area contributed by atoms with Crippen molar-refractivity contribution in [1.82, 2.24) is 14.8 Å². The maximum absolute atomic E-state index is 11.9. The molecule has 1 saturated heterocycles. The number of anilines is 1. The SMILES string of the molecule is O=S1(=O)CCN(Cc2cc3c(c4ncccc24)OCN(CCC2CNc4ccccc42)C3)CC1. The molecular formula is C26H30N4O3S. The van der Waals surface area contributed by atoms with Crippen LogP contribution in [0, 0.1) is 0 Å². The third-order valence-corrected chi connectivity index (χ3v) is 8.97. The Kier molecular flexibility index (Phi) is 5.67. The molecule has 0 radical (unpaired) electrons. The molecule has 4 heterocycles. The van der Waals surface area contributed by atoms with Crippen LogP contribution in [0.2, 0.25) is 0 Å². The van der Waals surface area contributed by atoms with Crippen molar-refractivity contribution >= 4 is 26.4 Å². The predicted molar refractivity (Wildman–Crippen MR) is 134 cm³/mol. The Hall–Kier alpha value is -2.68. The second-order valence-electron chi connectivity index (χ2n) is 9.63. The van der Waals surface area contributed by atoms with Crippen LogP contribution < -0.4 is 10.1 Å². The summed E-state index contributed by atoms with van der Waals surface area (Å²) in [6.45, 7) is 5.28. The van der Waals surface area contributed by atoms with E-state index >= 15 is 0 Å². The van der Waals surface area contributed by atoms with Gasteiger partial charge in [0.15, 0.2) is 15.6 Å². The lowest BCUT2D eigenvalue weighted by Crippen LogP contribution is -2.39. The Morgan fingerprint density at radius 1 is 1.09 bits per heavy atom. The molecule has 3 aliphatic rings. The Balaban J connectivity index is 1.20. The average molecular weight is 479 g/mol. The van der Waals surface area contributed by atoms with Gasteiger partial charge in [0.2, 0.25) is 0 Å². The van der Waals surface area contributed by atoms with Crippen LogP contribution in [0.4, 0.5) is 5.69 Å². The highest BCUT2D eigenvalue weighted by molar-refractivity contribution is 7.91. The molecule has 34 heavy (non-hydrogen) atoms. The number of rotatable bonds is 5. The Morgan fingerprint density at radius 2 is 1.94 bits per heavy atom. The number of ether oxygens (including phenoxy) is 1. The van der Waals surface area contributed by atoms with E-state index in [1.807, 2.05) is 12.3 Å². The van der Waals surface area contributed by atoms with Crippen LogP contribution >= 0.6 is 0 Å². The topological polar surface area (TPSA) is 74.8 Å². The number of aromatic nitrogens is 1. The second-order valence-corrected chi connectivity index (χ2v) is 11.9. The summed E-state index contributed by atoms with van der Waals surface area (Å²) in [5, 5.41) is 4.62. The average Bonchev–Trinajstić information content (AvgIpc) is 3.27. The van der Waals surface area contributed by atoms with E-state index in [1.165, 1.54) is 22.4 Å². The van der Waals surface area contributed by atoms with Crippen LogP contribution in [-0.2, 0) is 22.9 Å². The van der Waals surface area contributed by atoms with Crippen LogP contribution in [-0.4, -0.2) is 67.6 Å². The number of hydrogen-bond acceptors (Lipinski definition) is 7. The van der Waals surface area contributed by atoms with E-state index in [-0.39, 0.29) is 11.5 Å². The molecular weight excluding hydrogens is 448 g/mol. The highest BCUT2D eigenvalue weighted by atomic mass is 32.2. The van der Waals surface area contributed by atoms with E-state index in [0.717, 1.165) is 49.3 Å². The van der Waals surface area contributed by atoms with E-state index in [4.69, 9.17) is 4.74 Å². The number of nitrogens with zero attached hydrogens (tertiary/aromatic N) is 3. The summed E-state index contributed by atoms with van der Waals surface area (Å²) >= 11 is 0. The van der Waals surface area contributed by atoms with Crippen LogP contribution in [0.5, 0.6) is 5.75 Å². The van der Waals surface area contributed by atoms with E-state index in [1.54, 1.807) is 0 Å². The van der Waals surface area contributed by atoms with Gasteiger partial charge in [0, 0.05) is 68.0 Å². The lowest BCUT2D eigenvalue weighted by atomic mass is 9.97. The van der Waals surface area contributed by atoms with E-state index in [9.17, 15) is 8.42 Å². The third-order valence-electron chi connectivity index (χ3n) is 7.36. The summed E-state index contributed by atoms with van der Waals surface area (Å²) < 4.78 is 30.0. The highest BCUT2D eigenvalue weighted by Gasteiger charge is 2.27. The lowest BCUT2D eigenvalue weighted by molar-refractivity contribution is 0.0940. The van der Waals surface area contributed by atoms with Gasteiger partial charge < -0.3 is 10.1 Å². The molecule has 8 heteroatoms. The number of fused-ring (bicyclic) bond motifs is 4. The maximum Gasteiger partial charge on any atom is 0.152 e. The van der Waals surface area contributed by atoms with Gasteiger partial charge in [-0.25, -0.2) is 8.42 Å². The molecule has 1 atom stereocenters. The summed E-state index contributed by atoms with van der Waals surface area (Å²) in [7, 11) is -2.89. The lowest BCUT2D eigenvalue weighted by Gasteiger charge is -2.32. The fourth-order valence-corrected chi connectivity index (χ4v) is 6.73. The normalized spacial score (nSPS) is 22.1. The Labute approximate surface area is 200 Å². The molecule has 6 rings (SSSR count). The van der Waals surface area contributed by atoms with Gasteiger partial charge in [-0.15, -0.1) is 0 Å². The number of sulfone groups is 1. The molecule has 0 saturated carbocycles. The zero-order valence-electron chi connectivity index (χ0n) is 19.2. The molecule has 1 aromatic heterocycles. The largest absolute Gasteiger partial charge is 0.475 e. The van der Waals surface area contributed by atoms with Crippen molar-refractivity contribution in [2.45, 2.75) is 25.4 Å². The zero-order chi connectivity index (χ0) is 23.1. The number of benzene rings is 2. The monoisotopic (exact) mass is 478 g/mol. The molecule has 1 unspecified atom stereocenters. The van der Waals surface area contributed by atoms with Crippen LogP contribution in [0.3, 0.4) is 0 Å². The van der Waals surface area contributed by atoms with E-state index in [0.29, 0.717) is 25.7 Å². The summed E-state index contributed by atoms with van der Waals surface area (Å²) in [5.41, 5.74) is 5.96. The quantitative estimate of drug-likeness (QED) is 0.604. The van der Waals surface area contributed by atoms with Gasteiger partial charge in [-0.05, 0) is 35.7 Å². The molecule has 0 spiro atoms. The third kappa shape index (κ3) is 4.26. The van der Waals surface area contributed by atoms with Crippen molar-refractivity contribution in [1.29, 1.82) is 0 Å². The van der Waals surface area contributed by atoms with Gasteiger partial charge >= 0.3 is 0 Å². The fraction of sp³-hybridized carbons (Fsp3) is 0.423. The number of hydrogen-bond donors (Lipinski definition) is 1. The van der Waals surface area contributed by atoms with Gasteiger partial charge in [-0.1, -0.05) is 24.3 Å². The van der Waals surface area contributed by atoms with Crippen LogP contribution in [0.15, 0.2) is 48.7 Å². The molecule has 178 valence electrons. The van der Waals surface area contributed by atoms with Gasteiger partial charge in [0.05, 0.1) is 11.5 Å². The molecule has 1 N–H and O–H groups in total. The predicted octanol–water partition coefficient (Wildman–Crippen LogP) is 3.22. The Bertz CT molecular complexity index is 1310. The minimum atomic E-state index is -2.89. The van der Waals surface area contributed by atoms with Gasteiger partial charge in [0.25, 0.3) is 0 Å².